The van der Waals surface area contributed by atoms with Gasteiger partial charge in [-0.3, -0.25) is 4.79 Å². The van der Waals surface area contributed by atoms with Gasteiger partial charge in [0.05, 0.1) is 0 Å². The summed E-state index contributed by atoms with van der Waals surface area (Å²) in [6.07, 6.45) is 0. The molecule has 2 nitrogen and oxygen atoms in total. The minimum absolute atomic E-state index is 0.0325. The molecule has 0 radical (unpaired) electrons. The molecule has 0 bridgehead atoms. The summed E-state index contributed by atoms with van der Waals surface area (Å²) in [6, 6.07) is 11.9. The summed E-state index contributed by atoms with van der Waals surface area (Å²) in [7, 11) is 1.65. The van der Waals surface area contributed by atoms with Crippen molar-refractivity contribution in [1.82, 2.24) is 5.32 Å². The molecule has 2 aromatic carbocycles. The molecule has 0 aliphatic carbocycles. The zero-order valence-electron chi connectivity index (χ0n) is 10.9. The van der Waals surface area contributed by atoms with Crippen molar-refractivity contribution in [3.05, 3.63) is 47.5 Å². The summed E-state index contributed by atoms with van der Waals surface area (Å²) in [5, 5.41) is 4.77. The molecule has 2 aromatic rings. The highest BCUT2D eigenvalue weighted by atomic mass is 16.1. The van der Waals surface area contributed by atoms with E-state index in [0.717, 1.165) is 21.9 Å². The Morgan fingerprint density at radius 3 is 2.41 bits per heavy atom. The van der Waals surface area contributed by atoms with Gasteiger partial charge in [-0.2, -0.15) is 0 Å². The second-order valence-electron chi connectivity index (χ2n) is 3.61. The average Bonchev–Trinajstić information content (AvgIpc) is 2.39. The summed E-state index contributed by atoms with van der Waals surface area (Å²) in [5.41, 5.74) is 1.85. The molecule has 0 atom stereocenters. The number of benzene rings is 2. The Hall–Kier alpha value is -1.83. The maximum atomic E-state index is 11.7. The molecule has 1 N–H and O–H groups in total. The van der Waals surface area contributed by atoms with E-state index in [1.807, 2.05) is 51.1 Å². The molecule has 0 heterocycles. The van der Waals surface area contributed by atoms with Gasteiger partial charge in [0, 0.05) is 12.6 Å². The Morgan fingerprint density at radius 2 is 1.76 bits per heavy atom. The number of aryl methyl sites for hydroxylation is 1. The van der Waals surface area contributed by atoms with Gasteiger partial charge in [-0.1, -0.05) is 44.2 Å². The lowest BCUT2D eigenvalue weighted by atomic mass is 10.0. The van der Waals surface area contributed by atoms with E-state index in [1.54, 1.807) is 7.05 Å². The Morgan fingerprint density at radius 1 is 1.12 bits per heavy atom. The van der Waals surface area contributed by atoms with Gasteiger partial charge in [0.25, 0.3) is 5.91 Å². The van der Waals surface area contributed by atoms with Crippen LogP contribution in [0.2, 0.25) is 0 Å². The van der Waals surface area contributed by atoms with Crippen LogP contribution in [0.3, 0.4) is 0 Å². The number of nitrogens with one attached hydrogen (secondary N) is 1. The topological polar surface area (TPSA) is 29.1 Å². The van der Waals surface area contributed by atoms with Crippen LogP contribution in [0.5, 0.6) is 0 Å². The monoisotopic (exact) mass is 229 g/mol. The third-order valence-corrected chi connectivity index (χ3v) is 2.48. The highest BCUT2D eigenvalue weighted by Gasteiger charge is 2.08. The number of carbonyl (C=O) groups is 1. The van der Waals surface area contributed by atoms with Crippen molar-refractivity contribution in [2.75, 3.05) is 7.05 Å². The average molecular weight is 229 g/mol. The molecule has 17 heavy (non-hydrogen) atoms. The van der Waals surface area contributed by atoms with E-state index in [-0.39, 0.29) is 5.91 Å². The molecule has 0 aliphatic rings. The molecule has 0 spiro atoms. The van der Waals surface area contributed by atoms with Crippen molar-refractivity contribution in [2.24, 2.45) is 0 Å². The molecule has 0 unspecified atom stereocenters. The van der Waals surface area contributed by atoms with Crippen molar-refractivity contribution in [1.29, 1.82) is 0 Å². The number of rotatable bonds is 1. The standard InChI is InChI=1S/C13H13NO.C2H6/c1-9-7-10-5-3-4-6-11(10)12(8-9)13(15)14-2;1-2/h3-8H,1-2H3,(H,14,15);1-2H3. The van der Waals surface area contributed by atoms with Gasteiger partial charge in [-0.15, -0.1) is 0 Å². The van der Waals surface area contributed by atoms with Crippen molar-refractivity contribution < 1.29 is 4.79 Å². The second-order valence-corrected chi connectivity index (χ2v) is 3.61. The third-order valence-electron chi connectivity index (χ3n) is 2.48. The normalized spacial score (nSPS) is 9.41. The molecule has 0 saturated carbocycles. The molecule has 90 valence electrons. The van der Waals surface area contributed by atoms with Crippen LogP contribution < -0.4 is 5.32 Å². The summed E-state index contributed by atoms with van der Waals surface area (Å²) in [5.74, 6) is -0.0325. The van der Waals surface area contributed by atoms with E-state index in [4.69, 9.17) is 0 Å². The van der Waals surface area contributed by atoms with E-state index < -0.39 is 0 Å². The molecule has 1 amide bonds. The first kappa shape index (κ1) is 13.2. The summed E-state index contributed by atoms with van der Waals surface area (Å²) < 4.78 is 0. The SMILES string of the molecule is CC.CNC(=O)c1cc(C)cc2ccccc12. The predicted molar refractivity (Wildman–Crippen MR) is 73.4 cm³/mol. The smallest absolute Gasteiger partial charge is 0.251 e. The van der Waals surface area contributed by atoms with Gasteiger partial charge in [0.15, 0.2) is 0 Å². The Bertz CT molecular complexity index is 517. The number of hydrogen-bond acceptors (Lipinski definition) is 1. The number of amides is 1. The van der Waals surface area contributed by atoms with Crippen LogP contribution in [-0.2, 0) is 0 Å². The molecule has 0 saturated heterocycles. The van der Waals surface area contributed by atoms with Crippen LogP contribution in [0.15, 0.2) is 36.4 Å². The van der Waals surface area contributed by atoms with Gasteiger partial charge in [-0.05, 0) is 29.3 Å². The van der Waals surface area contributed by atoms with Crippen LogP contribution in [0.4, 0.5) is 0 Å². The van der Waals surface area contributed by atoms with Crippen LogP contribution in [0, 0.1) is 6.92 Å². The highest BCUT2D eigenvalue weighted by Crippen LogP contribution is 2.20. The van der Waals surface area contributed by atoms with E-state index in [2.05, 4.69) is 11.4 Å². The first-order valence-electron chi connectivity index (χ1n) is 5.94. The van der Waals surface area contributed by atoms with Crippen molar-refractivity contribution in [2.45, 2.75) is 20.8 Å². The van der Waals surface area contributed by atoms with Crippen molar-refractivity contribution in [3.63, 3.8) is 0 Å². The van der Waals surface area contributed by atoms with Crippen LogP contribution in [-0.4, -0.2) is 13.0 Å². The van der Waals surface area contributed by atoms with E-state index >= 15 is 0 Å². The second kappa shape index (κ2) is 6.04. The van der Waals surface area contributed by atoms with Gasteiger partial charge < -0.3 is 5.32 Å². The summed E-state index contributed by atoms with van der Waals surface area (Å²) in [4.78, 5) is 11.7. The first-order valence-corrected chi connectivity index (χ1v) is 5.94. The lowest BCUT2D eigenvalue weighted by Gasteiger charge is -2.06. The molecule has 0 aliphatic heterocycles. The highest BCUT2D eigenvalue weighted by molar-refractivity contribution is 6.07. The lowest BCUT2D eigenvalue weighted by molar-refractivity contribution is 0.0964. The Labute approximate surface area is 103 Å². The Balaban J connectivity index is 0.000000686. The maximum absolute atomic E-state index is 11.7. The minimum Gasteiger partial charge on any atom is -0.355 e. The fourth-order valence-corrected chi connectivity index (χ4v) is 1.78. The number of carbonyl (C=O) groups excluding carboxylic acids is 1. The van der Waals surface area contributed by atoms with Crippen molar-refractivity contribution in [3.8, 4) is 0 Å². The molecule has 0 fully saturated rings. The zero-order valence-corrected chi connectivity index (χ0v) is 10.9. The predicted octanol–water partition coefficient (Wildman–Crippen LogP) is 3.53. The van der Waals surface area contributed by atoms with Gasteiger partial charge in [0.2, 0.25) is 0 Å². The van der Waals surface area contributed by atoms with Crippen LogP contribution >= 0.6 is 0 Å². The number of hydrogen-bond donors (Lipinski definition) is 1. The quantitative estimate of drug-likeness (QED) is 0.796. The lowest BCUT2D eigenvalue weighted by Crippen LogP contribution is -2.18. The molecular formula is C15H19NO. The largest absolute Gasteiger partial charge is 0.355 e. The van der Waals surface area contributed by atoms with E-state index in [9.17, 15) is 4.79 Å². The Kier molecular flexibility index (Phi) is 4.70. The summed E-state index contributed by atoms with van der Waals surface area (Å²) in [6.45, 7) is 6.00. The maximum Gasteiger partial charge on any atom is 0.251 e. The first-order chi connectivity index (χ1) is 8.22. The molecular weight excluding hydrogens is 210 g/mol. The molecule has 2 heteroatoms. The van der Waals surface area contributed by atoms with Gasteiger partial charge in [0.1, 0.15) is 0 Å². The van der Waals surface area contributed by atoms with Crippen LogP contribution in [0.25, 0.3) is 10.8 Å². The van der Waals surface area contributed by atoms with Crippen LogP contribution in [0.1, 0.15) is 29.8 Å². The number of fused-ring (bicyclic) bond motifs is 1. The zero-order chi connectivity index (χ0) is 12.8. The molecule has 0 aromatic heterocycles. The van der Waals surface area contributed by atoms with Gasteiger partial charge >= 0.3 is 0 Å². The third kappa shape index (κ3) is 2.84. The summed E-state index contributed by atoms with van der Waals surface area (Å²) >= 11 is 0. The molecule has 2 rings (SSSR count). The van der Waals surface area contributed by atoms with E-state index in [1.165, 1.54) is 0 Å². The minimum atomic E-state index is -0.0325. The van der Waals surface area contributed by atoms with Crippen molar-refractivity contribution >= 4 is 16.7 Å². The fraction of sp³-hybridized carbons (Fsp3) is 0.267. The fourth-order valence-electron chi connectivity index (χ4n) is 1.78. The van der Waals surface area contributed by atoms with E-state index in [0.29, 0.717) is 0 Å². The van der Waals surface area contributed by atoms with Gasteiger partial charge in [-0.25, -0.2) is 0 Å².